The third-order valence-corrected chi connectivity index (χ3v) is 10.5. The van der Waals surface area contributed by atoms with Crippen molar-refractivity contribution in [2.24, 2.45) is 34.5 Å². The molecular weight excluding hydrogens is 512 g/mol. The minimum atomic E-state index is -1.93. The lowest BCUT2D eigenvalue weighted by molar-refractivity contribution is -0.181. The molecule has 8 atom stereocenters. The predicted molar refractivity (Wildman–Crippen MR) is 150 cm³/mol. The molecule has 0 radical (unpaired) electrons. The average molecular weight is 561 g/mol. The van der Waals surface area contributed by atoms with Gasteiger partial charge in [0.15, 0.2) is 11.6 Å². The van der Waals surface area contributed by atoms with Crippen LogP contribution in [0.2, 0.25) is 0 Å². The Kier molecular flexibility index (Phi) is 9.27. The first-order valence-corrected chi connectivity index (χ1v) is 14.6. The Hall–Kier alpha value is -2.32. The Balaban J connectivity index is 1.98. The van der Waals surface area contributed by atoms with Crippen molar-refractivity contribution in [3.63, 3.8) is 0 Å². The molecule has 8 heteroatoms. The predicted octanol–water partition coefficient (Wildman–Crippen LogP) is 4.50. The number of hydrogen-bond acceptors (Lipinski definition) is 8. The first kappa shape index (κ1) is 32.2. The molecule has 0 aliphatic heterocycles. The molecule has 0 heterocycles. The van der Waals surface area contributed by atoms with Crippen LogP contribution in [0.1, 0.15) is 93.9 Å². The smallest absolute Gasteiger partial charge is 0.302 e. The van der Waals surface area contributed by atoms with E-state index < -0.39 is 39.9 Å². The molecule has 8 nitrogen and oxygen atoms in total. The summed E-state index contributed by atoms with van der Waals surface area (Å²) < 4.78 is 10.7. The molecule has 0 unspecified atom stereocenters. The maximum Gasteiger partial charge on any atom is 0.302 e. The Morgan fingerprint density at radius 2 is 1.77 bits per heavy atom. The third-order valence-electron chi connectivity index (χ3n) is 10.5. The minimum absolute atomic E-state index is 0.0362. The Labute approximate surface area is 238 Å². The van der Waals surface area contributed by atoms with E-state index in [0.29, 0.717) is 24.8 Å². The van der Waals surface area contributed by atoms with Crippen molar-refractivity contribution in [1.29, 1.82) is 0 Å². The van der Waals surface area contributed by atoms with Gasteiger partial charge in [0.05, 0.1) is 17.6 Å². The molecule has 3 aliphatic rings. The Bertz CT molecular complexity index is 1090. The number of ketones is 2. The number of aliphatic hydroxyl groups is 2. The van der Waals surface area contributed by atoms with Gasteiger partial charge < -0.3 is 19.7 Å². The third kappa shape index (κ3) is 5.85. The summed E-state index contributed by atoms with van der Waals surface area (Å²) >= 11 is 0. The Morgan fingerprint density at radius 1 is 1.12 bits per heavy atom. The molecule has 2 N–H and O–H groups in total. The second-order valence-electron chi connectivity index (χ2n) is 13.4. The van der Waals surface area contributed by atoms with Crippen LogP contribution in [0.5, 0.6) is 0 Å². The molecule has 40 heavy (non-hydrogen) atoms. The van der Waals surface area contributed by atoms with Gasteiger partial charge in [-0.3, -0.25) is 19.2 Å². The van der Waals surface area contributed by atoms with E-state index in [4.69, 9.17) is 9.47 Å². The molecule has 0 amide bonds. The summed E-state index contributed by atoms with van der Waals surface area (Å²) in [7, 11) is 0. The molecule has 0 spiro atoms. The van der Waals surface area contributed by atoms with E-state index in [-0.39, 0.29) is 54.9 Å². The summed E-state index contributed by atoms with van der Waals surface area (Å²) in [6, 6.07) is 0. The lowest BCUT2D eigenvalue weighted by atomic mass is 9.53. The fraction of sp³-hybridized carbons (Fsp3) is 0.750. The van der Waals surface area contributed by atoms with Crippen LogP contribution in [-0.4, -0.2) is 57.6 Å². The SMILES string of the molecule is CC(=O)OCC[C@]1(C)[C@@H]([C@H](C)/C=C/[C@@](C)(O)C(C)C)CC[C@H]1C1=CC(=O)[C@@]2(O)C[C@@H](OC(C)=O)CC[C@]2(C)C1=O. The van der Waals surface area contributed by atoms with Crippen molar-refractivity contribution in [3.8, 4) is 0 Å². The highest BCUT2D eigenvalue weighted by atomic mass is 16.5. The lowest BCUT2D eigenvalue weighted by Gasteiger charge is -2.51. The largest absolute Gasteiger partial charge is 0.466 e. The van der Waals surface area contributed by atoms with Crippen molar-refractivity contribution < 1.29 is 38.9 Å². The van der Waals surface area contributed by atoms with Crippen molar-refractivity contribution in [2.75, 3.05) is 6.61 Å². The molecule has 3 rings (SSSR count). The number of rotatable bonds is 9. The summed E-state index contributed by atoms with van der Waals surface area (Å²) in [6.45, 7) is 14.4. The zero-order valence-corrected chi connectivity index (χ0v) is 25.4. The zero-order chi connectivity index (χ0) is 30.3. The number of carbonyl (C=O) groups excluding carboxylic acids is 4. The van der Waals surface area contributed by atoms with Gasteiger partial charge in [0, 0.05) is 25.8 Å². The number of carbonyl (C=O) groups is 4. The second kappa shape index (κ2) is 11.5. The first-order valence-electron chi connectivity index (χ1n) is 14.6. The molecule has 0 saturated heterocycles. The highest BCUT2D eigenvalue weighted by Crippen LogP contribution is 2.59. The summed E-state index contributed by atoms with van der Waals surface area (Å²) in [5, 5.41) is 22.4. The maximum atomic E-state index is 14.2. The highest BCUT2D eigenvalue weighted by molar-refractivity contribution is 6.16. The van der Waals surface area contributed by atoms with Crippen molar-refractivity contribution in [3.05, 3.63) is 23.8 Å². The molecule has 0 bridgehead atoms. The Morgan fingerprint density at radius 3 is 2.35 bits per heavy atom. The summed E-state index contributed by atoms with van der Waals surface area (Å²) in [6.07, 6.45) is 7.09. The van der Waals surface area contributed by atoms with Crippen LogP contribution in [0.3, 0.4) is 0 Å². The van der Waals surface area contributed by atoms with Crippen LogP contribution in [0.15, 0.2) is 23.8 Å². The minimum Gasteiger partial charge on any atom is -0.466 e. The standard InChI is InChI=1S/C32H48O8/c1-19(2)31(8,37)14-11-20(3)25-9-10-26(29(25,6)15-16-39-21(4)33)24-17-27(35)32(38)18-23(40-22(5)34)12-13-30(32,7)28(24)36/h11,14,17,19-20,23,25-26,37-38H,9-10,12-13,15-16,18H2,1-8H3/b14-11+/t20-,23+,25-,26+,29-,30-,31-,32+/m1/s1. The molecule has 0 aromatic carbocycles. The van der Waals surface area contributed by atoms with Crippen molar-refractivity contribution in [2.45, 2.75) is 111 Å². The summed E-state index contributed by atoms with van der Waals surface area (Å²) in [4.78, 5) is 50.9. The topological polar surface area (TPSA) is 127 Å². The monoisotopic (exact) mass is 560 g/mol. The second-order valence-corrected chi connectivity index (χ2v) is 13.4. The molecular formula is C32H48O8. The number of Topliss-reactive ketones (excluding diaryl/α,β-unsaturated/α-hetero) is 1. The molecule has 2 saturated carbocycles. The van der Waals surface area contributed by atoms with Crippen LogP contribution in [-0.2, 0) is 28.7 Å². The van der Waals surface area contributed by atoms with Gasteiger partial charge >= 0.3 is 11.9 Å². The quantitative estimate of drug-likeness (QED) is 0.312. The molecule has 0 aromatic rings. The van der Waals surface area contributed by atoms with Gasteiger partial charge in [-0.1, -0.05) is 39.8 Å². The van der Waals surface area contributed by atoms with E-state index >= 15 is 0 Å². The van der Waals surface area contributed by atoms with Crippen molar-refractivity contribution >= 4 is 23.5 Å². The normalized spacial score (nSPS) is 36.7. The van der Waals surface area contributed by atoms with Gasteiger partial charge in [-0.15, -0.1) is 0 Å². The number of ether oxygens (including phenoxy) is 2. The fourth-order valence-corrected chi connectivity index (χ4v) is 7.31. The van der Waals surface area contributed by atoms with Crippen LogP contribution in [0, 0.1) is 34.5 Å². The van der Waals surface area contributed by atoms with Gasteiger partial charge in [-0.05, 0) is 81.1 Å². The summed E-state index contributed by atoms with van der Waals surface area (Å²) in [5.41, 5.74) is -4.26. The molecule has 2 fully saturated rings. The van der Waals surface area contributed by atoms with E-state index in [2.05, 4.69) is 13.8 Å². The van der Waals surface area contributed by atoms with Crippen LogP contribution in [0.25, 0.3) is 0 Å². The fourth-order valence-electron chi connectivity index (χ4n) is 7.31. The number of hydrogen-bond donors (Lipinski definition) is 2. The molecule has 0 aromatic heterocycles. The lowest BCUT2D eigenvalue weighted by Crippen LogP contribution is -2.63. The number of fused-ring (bicyclic) bond motifs is 1. The van der Waals surface area contributed by atoms with E-state index in [1.165, 1.54) is 19.9 Å². The average Bonchev–Trinajstić information content (AvgIpc) is 3.18. The van der Waals surface area contributed by atoms with Gasteiger partial charge in [-0.2, -0.15) is 0 Å². The van der Waals surface area contributed by atoms with Crippen LogP contribution >= 0.6 is 0 Å². The first-order chi connectivity index (χ1) is 18.4. The van der Waals surface area contributed by atoms with E-state index in [0.717, 1.165) is 6.42 Å². The van der Waals surface area contributed by atoms with Gasteiger partial charge in [0.25, 0.3) is 0 Å². The molecule has 3 aliphatic carbocycles. The summed E-state index contributed by atoms with van der Waals surface area (Å²) in [5.74, 6) is -1.68. The van der Waals surface area contributed by atoms with Gasteiger partial charge in [0.1, 0.15) is 11.7 Å². The van der Waals surface area contributed by atoms with Crippen molar-refractivity contribution in [1.82, 2.24) is 0 Å². The van der Waals surface area contributed by atoms with Crippen LogP contribution in [0.4, 0.5) is 0 Å². The van der Waals surface area contributed by atoms with Gasteiger partial charge in [-0.25, -0.2) is 0 Å². The molecule has 224 valence electrons. The number of esters is 2. The maximum absolute atomic E-state index is 14.2. The van der Waals surface area contributed by atoms with Gasteiger partial charge in [0.2, 0.25) is 0 Å². The number of allylic oxidation sites excluding steroid dienone is 2. The van der Waals surface area contributed by atoms with E-state index in [1.807, 2.05) is 26.0 Å². The van der Waals surface area contributed by atoms with E-state index in [1.54, 1.807) is 13.8 Å². The highest BCUT2D eigenvalue weighted by Gasteiger charge is 2.64. The van der Waals surface area contributed by atoms with E-state index in [9.17, 15) is 29.4 Å². The zero-order valence-electron chi connectivity index (χ0n) is 25.4. The van der Waals surface area contributed by atoms with Crippen LogP contribution < -0.4 is 0 Å².